The Morgan fingerprint density at radius 1 is 0.576 bits per heavy atom. The van der Waals surface area contributed by atoms with Gasteiger partial charge in [-0.1, -0.05) is 111 Å². The molecule has 1 saturated carbocycles. The van der Waals surface area contributed by atoms with Crippen LogP contribution in [0.4, 0.5) is 46.0 Å². The van der Waals surface area contributed by atoms with Gasteiger partial charge in [0.2, 0.25) is 0 Å². The van der Waals surface area contributed by atoms with Crippen LogP contribution in [0, 0.1) is 25.2 Å². The maximum absolute atomic E-state index is 5.23. The molecule has 12 rings (SSSR count). The van der Waals surface area contributed by atoms with E-state index < -0.39 is 5.41 Å². The van der Waals surface area contributed by atoms with Crippen LogP contribution in [-0.2, 0) is 5.41 Å². The second-order valence-electron chi connectivity index (χ2n) is 17.4. The van der Waals surface area contributed by atoms with Crippen molar-refractivity contribution < 1.29 is 0 Å². The summed E-state index contributed by atoms with van der Waals surface area (Å²) in [5.41, 5.74) is 12.5. The van der Waals surface area contributed by atoms with Crippen molar-refractivity contribution in [3.8, 4) is 11.1 Å². The Morgan fingerprint density at radius 3 is 1.80 bits per heavy atom. The van der Waals surface area contributed by atoms with Gasteiger partial charge >= 0.3 is 0 Å². The number of fused-ring (bicyclic) bond motifs is 17. The van der Waals surface area contributed by atoms with Crippen molar-refractivity contribution in [2.24, 2.45) is 11.3 Å². The van der Waals surface area contributed by atoms with Gasteiger partial charge in [-0.3, -0.25) is 0 Å². The predicted molar refractivity (Wildman–Crippen MR) is 236 cm³/mol. The van der Waals surface area contributed by atoms with Crippen molar-refractivity contribution in [3.05, 3.63) is 181 Å². The molecular formula is C51H44N8. The summed E-state index contributed by atoms with van der Waals surface area (Å²) in [6, 6.07) is 44.2. The van der Waals surface area contributed by atoms with Gasteiger partial charge in [-0.2, -0.15) is 0 Å². The lowest BCUT2D eigenvalue weighted by Crippen LogP contribution is -2.72. The SMILES string of the molecule is C=C1CC2(C)c3ccccc3N3c4nccnc4N(c4cc(C)c(-c5ccccc5)c(C)c4)C3C2(C)C2C1c1ccccc1N1c3nccnc3N(c3ccccc3)C21. The number of aromatic nitrogens is 4. The fourth-order valence-corrected chi connectivity index (χ4v) is 12.2. The molecular weight excluding hydrogens is 725 g/mol. The van der Waals surface area contributed by atoms with Crippen molar-refractivity contribution in [1.82, 2.24) is 19.9 Å². The van der Waals surface area contributed by atoms with E-state index in [0.29, 0.717) is 0 Å². The first-order valence-corrected chi connectivity index (χ1v) is 20.7. The number of allylic oxidation sites excluding steroid dienone is 1. The van der Waals surface area contributed by atoms with Crippen molar-refractivity contribution in [1.29, 1.82) is 0 Å². The van der Waals surface area contributed by atoms with Gasteiger partial charge < -0.3 is 19.6 Å². The monoisotopic (exact) mass is 768 g/mol. The van der Waals surface area contributed by atoms with E-state index in [1.165, 1.54) is 44.6 Å². The Morgan fingerprint density at radius 2 is 1.12 bits per heavy atom. The number of benzene rings is 5. The van der Waals surface area contributed by atoms with E-state index in [2.05, 4.69) is 169 Å². The van der Waals surface area contributed by atoms with Crippen molar-refractivity contribution in [2.45, 2.75) is 57.8 Å². The Labute approximate surface area is 345 Å². The van der Waals surface area contributed by atoms with Gasteiger partial charge in [0.1, 0.15) is 12.3 Å². The van der Waals surface area contributed by atoms with E-state index in [0.717, 1.165) is 46.8 Å². The lowest BCUT2D eigenvalue weighted by atomic mass is 9.42. The zero-order valence-corrected chi connectivity index (χ0v) is 33.7. The molecule has 6 unspecified atom stereocenters. The van der Waals surface area contributed by atoms with E-state index in [-0.39, 0.29) is 29.6 Å². The summed E-state index contributed by atoms with van der Waals surface area (Å²) >= 11 is 0. The van der Waals surface area contributed by atoms with Gasteiger partial charge in [-0.15, -0.1) is 0 Å². The van der Waals surface area contributed by atoms with Gasteiger partial charge in [0, 0.05) is 70.2 Å². The first kappa shape index (κ1) is 34.3. The number of anilines is 8. The second-order valence-corrected chi connectivity index (χ2v) is 17.4. The Hall–Kier alpha value is -6.80. The van der Waals surface area contributed by atoms with Crippen LogP contribution in [0.25, 0.3) is 11.1 Å². The van der Waals surface area contributed by atoms with Crippen LogP contribution >= 0.6 is 0 Å². The van der Waals surface area contributed by atoms with E-state index >= 15 is 0 Å². The van der Waals surface area contributed by atoms with Crippen molar-refractivity contribution in [3.63, 3.8) is 0 Å². The average molecular weight is 769 g/mol. The first-order chi connectivity index (χ1) is 28.8. The molecule has 8 nitrogen and oxygen atoms in total. The molecule has 1 fully saturated rings. The minimum Gasteiger partial charge on any atom is -0.302 e. The molecule has 0 radical (unpaired) electrons. The van der Waals surface area contributed by atoms with Crippen LogP contribution in [0.2, 0.25) is 0 Å². The summed E-state index contributed by atoms with van der Waals surface area (Å²) in [6.07, 6.45) is 7.80. The Bertz CT molecular complexity index is 2840. The fraction of sp³-hybridized carbons (Fsp3) is 0.216. The van der Waals surface area contributed by atoms with Crippen LogP contribution < -0.4 is 19.6 Å². The average Bonchev–Trinajstić information content (AvgIpc) is 3.80. The molecule has 5 aromatic carbocycles. The van der Waals surface area contributed by atoms with Crippen molar-refractivity contribution >= 4 is 46.0 Å². The van der Waals surface area contributed by atoms with Gasteiger partial charge in [0.05, 0.1) is 0 Å². The topological polar surface area (TPSA) is 64.5 Å². The largest absolute Gasteiger partial charge is 0.302 e. The first-order valence-electron chi connectivity index (χ1n) is 20.7. The minimum atomic E-state index is -0.485. The standard InChI is InChI=1S/C51H44N8/c1-31-28-36(29-32(2)41(31)34-16-8-6-9-17-34)57-45-47(55-27-25-53-45)59-40-23-15-13-21-38(40)50(4)30-33(3)42-37-20-12-14-22-39(37)58-46-44(52-24-26-54-46)56(35-18-10-7-11-19-35)48(58)43(42)51(50,5)49(57)59/h6-29,42-43,48-49H,3,30H2,1-2,4-5H3. The number of hydrogen-bond acceptors (Lipinski definition) is 8. The maximum atomic E-state index is 5.23. The molecule has 0 N–H and O–H groups in total. The number of aryl methyl sites for hydroxylation is 2. The minimum absolute atomic E-state index is 0.0247. The van der Waals surface area contributed by atoms with E-state index in [9.17, 15) is 0 Å². The van der Waals surface area contributed by atoms with Gasteiger partial charge in [-0.25, -0.2) is 19.9 Å². The molecule has 7 aromatic rings. The smallest absolute Gasteiger partial charge is 0.178 e. The highest BCUT2D eigenvalue weighted by atomic mass is 15.5. The van der Waals surface area contributed by atoms with Crippen LogP contribution in [0.3, 0.4) is 0 Å². The second kappa shape index (κ2) is 12.1. The summed E-state index contributed by atoms with van der Waals surface area (Å²) in [5, 5.41) is 0. The highest BCUT2D eigenvalue weighted by Gasteiger charge is 2.72. The molecule has 1 aliphatic carbocycles. The Balaban J connectivity index is 1.17. The zero-order valence-electron chi connectivity index (χ0n) is 33.7. The van der Waals surface area contributed by atoms with Crippen LogP contribution in [0.5, 0.6) is 0 Å². The molecule has 0 spiro atoms. The molecule has 6 heterocycles. The normalized spacial score (nSPS) is 25.6. The number of hydrogen-bond donors (Lipinski definition) is 0. The molecule has 0 amide bonds. The number of para-hydroxylation sites is 3. The number of rotatable bonds is 3. The molecule has 0 bridgehead atoms. The van der Waals surface area contributed by atoms with Gasteiger partial charge in [0.15, 0.2) is 23.3 Å². The van der Waals surface area contributed by atoms with Crippen LogP contribution in [0.15, 0.2) is 158 Å². The number of nitrogens with zero attached hydrogens (tertiary/aromatic N) is 8. The highest BCUT2D eigenvalue weighted by molar-refractivity contribution is 5.90. The zero-order chi connectivity index (χ0) is 39.8. The third kappa shape index (κ3) is 4.33. The fourth-order valence-electron chi connectivity index (χ4n) is 12.2. The van der Waals surface area contributed by atoms with Crippen LogP contribution in [-0.4, -0.2) is 32.3 Å². The molecule has 2 aromatic heterocycles. The van der Waals surface area contributed by atoms with E-state index in [4.69, 9.17) is 26.5 Å². The lowest BCUT2D eigenvalue weighted by Gasteiger charge is -2.68. The molecule has 4 aliphatic heterocycles. The molecule has 6 atom stereocenters. The molecule has 5 aliphatic rings. The lowest BCUT2D eigenvalue weighted by molar-refractivity contribution is -0.0140. The summed E-state index contributed by atoms with van der Waals surface area (Å²) in [6.45, 7) is 14.6. The molecule has 8 heteroatoms. The summed E-state index contributed by atoms with van der Waals surface area (Å²) in [5.74, 6) is 3.50. The highest BCUT2D eigenvalue weighted by Crippen LogP contribution is 2.74. The van der Waals surface area contributed by atoms with Gasteiger partial charge in [-0.05, 0) is 90.0 Å². The predicted octanol–water partition coefficient (Wildman–Crippen LogP) is 11.4. The van der Waals surface area contributed by atoms with Crippen molar-refractivity contribution in [2.75, 3.05) is 19.6 Å². The third-order valence-corrected chi connectivity index (χ3v) is 14.6. The summed E-state index contributed by atoms with van der Waals surface area (Å²) in [4.78, 5) is 30.7. The van der Waals surface area contributed by atoms with Crippen LogP contribution in [0.1, 0.15) is 48.4 Å². The van der Waals surface area contributed by atoms with Gasteiger partial charge in [0.25, 0.3) is 0 Å². The van der Waals surface area contributed by atoms with E-state index in [1.54, 1.807) is 0 Å². The Kier molecular flexibility index (Phi) is 7.03. The molecule has 288 valence electrons. The third-order valence-electron chi connectivity index (χ3n) is 14.6. The summed E-state index contributed by atoms with van der Waals surface area (Å²) < 4.78 is 0. The summed E-state index contributed by atoms with van der Waals surface area (Å²) in [7, 11) is 0. The quantitative estimate of drug-likeness (QED) is 0.165. The molecule has 0 saturated heterocycles. The maximum Gasteiger partial charge on any atom is 0.178 e. The van der Waals surface area contributed by atoms with E-state index in [1.807, 2.05) is 24.8 Å². The molecule has 59 heavy (non-hydrogen) atoms.